The monoisotopic (exact) mass is 507 g/mol. The lowest BCUT2D eigenvalue weighted by atomic mass is 10.1. The maximum absolute atomic E-state index is 14.1. The highest BCUT2D eigenvalue weighted by Crippen LogP contribution is 2.27. The third-order valence-corrected chi connectivity index (χ3v) is 6.67. The van der Waals surface area contributed by atoms with Gasteiger partial charge in [0.15, 0.2) is 28.6 Å². The second-order valence-corrected chi connectivity index (χ2v) is 8.98. The Balaban J connectivity index is 1.38. The van der Waals surface area contributed by atoms with Gasteiger partial charge in [-0.25, -0.2) is 23.1 Å². The van der Waals surface area contributed by atoms with Gasteiger partial charge < -0.3 is 20.5 Å². The molecular formula is C25H24F3N9. The van der Waals surface area contributed by atoms with Crippen LogP contribution in [-0.2, 0) is 6.54 Å². The quantitative estimate of drug-likeness (QED) is 0.321. The summed E-state index contributed by atoms with van der Waals surface area (Å²) in [5.41, 5.74) is 1.93. The molecule has 0 atom stereocenters. The molecular weight excluding hydrogens is 483 g/mol. The number of H-pyrrole nitrogens is 1. The molecule has 6 rings (SSSR count). The summed E-state index contributed by atoms with van der Waals surface area (Å²) in [5.74, 6) is -0.920. The van der Waals surface area contributed by atoms with Crippen molar-refractivity contribution < 1.29 is 13.2 Å². The zero-order chi connectivity index (χ0) is 25.5. The number of nitrogens with zero attached hydrogens (tertiary/aromatic N) is 6. The number of hydrogen-bond acceptors (Lipinski definition) is 7. The van der Waals surface area contributed by atoms with Crippen molar-refractivity contribution in [2.45, 2.75) is 25.4 Å². The van der Waals surface area contributed by atoms with Crippen molar-refractivity contribution >= 4 is 34.0 Å². The maximum Gasteiger partial charge on any atom is 0.229 e. The first-order valence-electron chi connectivity index (χ1n) is 12.0. The Morgan fingerprint density at radius 2 is 1.86 bits per heavy atom. The number of nitrogens with one attached hydrogen (secondary N) is 3. The Morgan fingerprint density at radius 1 is 1.03 bits per heavy atom. The summed E-state index contributed by atoms with van der Waals surface area (Å²) in [4.78, 5) is 23.4. The first-order valence-corrected chi connectivity index (χ1v) is 12.0. The number of anilines is 2. The molecule has 12 heteroatoms. The topological polar surface area (TPSA) is 99.6 Å². The summed E-state index contributed by atoms with van der Waals surface area (Å²) in [6.45, 7) is 1.72. The van der Waals surface area contributed by atoms with Crippen LogP contribution < -0.4 is 15.5 Å². The highest BCUT2D eigenvalue weighted by atomic mass is 19.2. The van der Waals surface area contributed by atoms with Crippen LogP contribution >= 0.6 is 0 Å². The van der Waals surface area contributed by atoms with E-state index in [0.29, 0.717) is 46.0 Å². The minimum absolute atomic E-state index is 0.0619. The van der Waals surface area contributed by atoms with Crippen molar-refractivity contribution in [1.82, 2.24) is 34.8 Å². The molecule has 3 aromatic heterocycles. The van der Waals surface area contributed by atoms with Crippen LogP contribution in [0.15, 0.2) is 42.7 Å². The molecule has 9 nitrogen and oxygen atoms in total. The molecule has 1 saturated heterocycles. The van der Waals surface area contributed by atoms with Gasteiger partial charge in [0.1, 0.15) is 23.5 Å². The van der Waals surface area contributed by atoms with E-state index in [1.54, 1.807) is 23.0 Å². The lowest BCUT2D eigenvalue weighted by Gasteiger charge is -2.32. The average molecular weight is 508 g/mol. The Bertz CT molecular complexity index is 1590. The zero-order valence-corrected chi connectivity index (χ0v) is 20.0. The van der Waals surface area contributed by atoms with Gasteiger partial charge in [0, 0.05) is 19.1 Å². The van der Waals surface area contributed by atoms with Crippen molar-refractivity contribution in [3.8, 4) is 5.69 Å². The molecule has 1 aliphatic heterocycles. The van der Waals surface area contributed by atoms with Crippen LogP contribution in [0.25, 0.3) is 27.9 Å². The Labute approximate surface area is 209 Å². The van der Waals surface area contributed by atoms with E-state index in [1.807, 2.05) is 7.05 Å². The number of aromatic nitrogens is 6. The fourth-order valence-corrected chi connectivity index (χ4v) is 4.66. The van der Waals surface area contributed by atoms with Crippen LogP contribution in [0.1, 0.15) is 18.7 Å². The third kappa shape index (κ3) is 4.33. The van der Waals surface area contributed by atoms with Gasteiger partial charge in [0.05, 0.1) is 17.7 Å². The molecule has 1 fully saturated rings. The summed E-state index contributed by atoms with van der Waals surface area (Å²) in [7, 11) is 1.96. The lowest BCUT2D eigenvalue weighted by molar-refractivity contribution is 0.439. The highest BCUT2D eigenvalue weighted by Gasteiger charge is 2.23. The summed E-state index contributed by atoms with van der Waals surface area (Å²) in [5, 5.41) is 6.54. The van der Waals surface area contributed by atoms with E-state index >= 15 is 0 Å². The fourth-order valence-electron chi connectivity index (χ4n) is 4.66. The SMILES string of the molecule is CNC1CCN(c2nc(NCc3nc4c(F)c(F)ccc4[nH]3)c3ncn(-c4cccc(F)c4)c3n2)CC1. The van der Waals surface area contributed by atoms with Gasteiger partial charge >= 0.3 is 0 Å². The van der Waals surface area contributed by atoms with Gasteiger partial charge in [-0.15, -0.1) is 0 Å². The molecule has 0 radical (unpaired) electrons. The van der Waals surface area contributed by atoms with Gasteiger partial charge in [-0.05, 0) is 50.2 Å². The zero-order valence-electron chi connectivity index (χ0n) is 20.0. The summed E-state index contributed by atoms with van der Waals surface area (Å²) in [6.07, 6.45) is 3.48. The number of halogens is 3. The molecule has 0 amide bonds. The van der Waals surface area contributed by atoms with Crippen molar-refractivity contribution in [2.24, 2.45) is 0 Å². The summed E-state index contributed by atoms with van der Waals surface area (Å²) < 4.78 is 43.4. The number of imidazole rings is 2. The van der Waals surface area contributed by atoms with Gasteiger partial charge in [-0.1, -0.05) is 6.07 Å². The summed E-state index contributed by atoms with van der Waals surface area (Å²) >= 11 is 0. The van der Waals surface area contributed by atoms with E-state index in [2.05, 4.69) is 30.5 Å². The molecule has 2 aromatic carbocycles. The van der Waals surface area contributed by atoms with Gasteiger partial charge in [-0.2, -0.15) is 9.97 Å². The molecule has 190 valence electrons. The van der Waals surface area contributed by atoms with E-state index in [9.17, 15) is 13.2 Å². The number of aromatic amines is 1. The first kappa shape index (κ1) is 23.2. The number of piperidine rings is 1. The van der Waals surface area contributed by atoms with Gasteiger partial charge in [-0.3, -0.25) is 4.57 Å². The predicted molar refractivity (Wildman–Crippen MR) is 134 cm³/mol. The standard InChI is InChI=1S/C25H24F3N9/c1-29-15-7-9-36(10-8-15)25-34-23(30-12-19-32-18-6-5-17(27)20(28)21(18)33-19)22-24(35-25)37(13-31-22)16-4-2-3-14(26)11-16/h2-6,11,13,15,29H,7-10,12H2,1H3,(H,32,33)(H,30,34,35). The lowest BCUT2D eigenvalue weighted by Crippen LogP contribution is -2.42. The number of fused-ring (bicyclic) bond motifs is 2. The molecule has 3 N–H and O–H groups in total. The third-order valence-electron chi connectivity index (χ3n) is 6.67. The molecule has 0 aliphatic carbocycles. The second kappa shape index (κ2) is 9.36. The van der Waals surface area contributed by atoms with Crippen molar-refractivity contribution in [3.05, 3.63) is 66.0 Å². The smallest absolute Gasteiger partial charge is 0.229 e. The average Bonchev–Trinajstić information content (AvgIpc) is 3.54. The van der Waals surface area contributed by atoms with E-state index in [4.69, 9.17) is 9.97 Å². The molecule has 0 spiro atoms. The van der Waals surface area contributed by atoms with E-state index in [0.717, 1.165) is 32.0 Å². The van der Waals surface area contributed by atoms with Crippen LogP contribution in [0, 0.1) is 17.5 Å². The molecule has 37 heavy (non-hydrogen) atoms. The van der Waals surface area contributed by atoms with Gasteiger partial charge in [0.25, 0.3) is 0 Å². The highest BCUT2D eigenvalue weighted by molar-refractivity contribution is 5.85. The molecule has 5 aromatic rings. The minimum atomic E-state index is -0.995. The molecule has 4 heterocycles. The molecule has 0 bridgehead atoms. The second-order valence-electron chi connectivity index (χ2n) is 8.98. The van der Waals surface area contributed by atoms with Crippen LogP contribution in [0.5, 0.6) is 0 Å². The molecule has 1 aliphatic rings. The van der Waals surface area contributed by atoms with Crippen LogP contribution in [-0.4, -0.2) is 55.7 Å². The number of hydrogen-bond donors (Lipinski definition) is 3. The van der Waals surface area contributed by atoms with Gasteiger partial charge in [0.2, 0.25) is 5.95 Å². The fraction of sp³-hybridized carbons (Fsp3) is 0.280. The number of rotatable bonds is 6. The van der Waals surface area contributed by atoms with Crippen LogP contribution in [0.3, 0.4) is 0 Å². The minimum Gasteiger partial charge on any atom is -0.361 e. The van der Waals surface area contributed by atoms with Crippen LogP contribution in [0.4, 0.5) is 24.9 Å². The largest absolute Gasteiger partial charge is 0.361 e. The first-order chi connectivity index (χ1) is 18.0. The van der Waals surface area contributed by atoms with Crippen LogP contribution in [0.2, 0.25) is 0 Å². The normalized spacial score (nSPS) is 14.6. The maximum atomic E-state index is 14.1. The van der Waals surface area contributed by atoms with E-state index in [-0.39, 0.29) is 17.9 Å². The Morgan fingerprint density at radius 3 is 2.65 bits per heavy atom. The molecule has 0 unspecified atom stereocenters. The summed E-state index contributed by atoms with van der Waals surface area (Å²) in [6, 6.07) is 9.14. The Kier molecular flexibility index (Phi) is 5.87. The number of benzene rings is 2. The Hall–Kier alpha value is -4.19. The van der Waals surface area contributed by atoms with Crippen molar-refractivity contribution in [2.75, 3.05) is 30.4 Å². The van der Waals surface area contributed by atoms with Crippen molar-refractivity contribution in [1.29, 1.82) is 0 Å². The van der Waals surface area contributed by atoms with E-state index in [1.165, 1.54) is 18.2 Å². The molecule has 0 saturated carbocycles. The predicted octanol–water partition coefficient (Wildman–Crippen LogP) is 3.91. The van der Waals surface area contributed by atoms with Crippen molar-refractivity contribution in [3.63, 3.8) is 0 Å². The van der Waals surface area contributed by atoms with E-state index < -0.39 is 11.6 Å².